The number of benzene rings is 4. The first-order chi connectivity index (χ1) is 23.4. The van der Waals surface area contributed by atoms with E-state index in [1.54, 1.807) is 0 Å². The number of esters is 1. The van der Waals surface area contributed by atoms with Crippen LogP contribution in [-0.4, -0.2) is 28.3 Å². The van der Waals surface area contributed by atoms with Crippen LogP contribution in [0, 0.1) is 0 Å². The molecule has 1 aromatic heterocycles. The summed E-state index contributed by atoms with van der Waals surface area (Å²) in [5.74, 6) is 1.87. The topological polar surface area (TPSA) is 97.9 Å². The second kappa shape index (κ2) is 15.1. The zero-order valence-electron chi connectivity index (χ0n) is 27.7. The van der Waals surface area contributed by atoms with Crippen molar-refractivity contribution in [3.05, 3.63) is 116 Å². The summed E-state index contributed by atoms with van der Waals surface area (Å²) in [5.41, 5.74) is 3.28. The number of ether oxygens (including phenoxy) is 3. The lowest BCUT2D eigenvalue weighted by atomic mass is 9.84. The number of carbonyl (C=O) groups excluding carboxylic acids is 1. The summed E-state index contributed by atoms with van der Waals surface area (Å²) < 4.78 is 19.2. The van der Waals surface area contributed by atoms with Gasteiger partial charge in [-0.25, -0.2) is 4.79 Å². The van der Waals surface area contributed by atoms with E-state index in [9.17, 15) is 14.7 Å². The molecule has 1 aliphatic heterocycles. The van der Waals surface area contributed by atoms with Gasteiger partial charge in [-0.1, -0.05) is 93.0 Å². The smallest absolute Gasteiger partial charge is 0.344 e. The highest BCUT2D eigenvalue weighted by molar-refractivity contribution is 7.09. The summed E-state index contributed by atoms with van der Waals surface area (Å²) >= 11 is 1.02. The highest BCUT2D eigenvalue weighted by Crippen LogP contribution is 2.42. The van der Waals surface area contributed by atoms with Crippen LogP contribution in [0.25, 0.3) is 10.8 Å². The molecule has 0 fully saturated rings. The van der Waals surface area contributed by atoms with E-state index in [2.05, 4.69) is 24.9 Å². The molecule has 2 heterocycles. The van der Waals surface area contributed by atoms with Gasteiger partial charge in [0.25, 0.3) is 0 Å². The lowest BCUT2D eigenvalue weighted by Gasteiger charge is -2.39. The molecule has 1 atom stereocenters. The lowest BCUT2D eigenvalue weighted by molar-refractivity contribution is 0.0162. The third-order valence-electron chi connectivity index (χ3n) is 9.20. The van der Waals surface area contributed by atoms with Gasteiger partial charge in [-0.05, 0) is 89.9 Å². The minimum absolute atomic E-state index is 0.0631. The van der Waals surface area contributed by atoms with Crippen LogP contribution in [0.1, 0.15) is 90.7 Å². The second-order valence-electron chi connectivity index (χ2n) is 12.7. The van der Waals surface area contributed by atoms with Crippen molar-refractivity contribution in [3.8, 4) is 23.1 Å². The lowest BCUT2D eigenvalue weighted by Crippen LogP contribution is -2.41. The number of unbranched alkanes of at least 4 members (excludes halogenated alkanes) is 2. The van der Waals surface area contributed by atoms with Gasteiger partial charge in [0.1, 0.15) is 22.8 Å². The fraction of sp³-hybridized carbons (Fsp3) is 0.350. The van der Waals surface area contributed by atoms with Crippen LogP contribution in [-0.2, 0) is 19.3 Å². The zero-order chi connectivity index (χ0) is 33.5. The number of hydrogen-bond acceptors (Lipinski definition) is 7. The van der Waals surface area contributed by atoms with Gasteiger partial charge in [0.2, 0.25) is 5.88 Å². The summed E-state index contributed by atoms with van der Waals surface area (Å²) in [4.78, 5) is 27.8. The van der Waals surface area contributed by atoms with Gasteiger partial charge in [0, 0.05) is 12.8 Å². The Bertz CT molecular complexity index is 1920. The van der Waals surface area contributed by atoms with Gasteiger partial charge in [-0.3, -0.25) is 9.78 Å². The first-order valence-corrected chi connectivity index (χ1v) is 17.9. The van der Waals surface area contributed by atoms with Crippen LogP contribution in [0.4, 0.5) is 0 Å². The van der Waals surface area contributed by atoms with Gasteiger partial charge < -0.3 is 19.3 Å². The second-order valence-corrected chi connectivity index (χ2v) is 13.7. The van der Waals surface area contributed by atoms with Gasteiger partial charge in [-0.15, -0.1) is 0 Å². The summed E-state index contributed by atoms with van der Waals surface area (Å²) in [6.07, 6.45) is 8.84. The molecule has 4 aromatic carbocycles. The van der Waals surface area contributed by atoms with E-state index >= 15 is 0 Å². The van der Waals surface area contributed by atoms with Gasteiger partial charge in [0.05, 0.1) is 17.0 Å². The maximum absolute atomic E-state index is 13.5. The predicted molar refractivity (Wildman–Crippen MR) is 191 cm³/mol. The number of aromatic nitrogens is 1. The van der Waals surface area contributed by atoms with E-state index < -0.39 is 0 Å². The average Bonchev–Trinajstić information content (AvgIpc) is 3.41. The van der Waals surface area contributed by atoms with Gasteiger partial charge >= 0.3 is 10.8 Å². The Hall–Kier alpha value is -4.56. The molecular weight excluding hydrogens is 623 g/mol. The first-order valence-electron chi connectivity index (χ1n) is 17.0. The maximum atomic E-state index is 13.5. The standard InChI is InChI=1S/C40H43NO6S/c1-3-5-6-11-29-26-35-30(25-34(29)46-38(43)33-14-9-12-28-10-7-8-13-32(28)33)19-21-40(47-35,20-4-2)22-23-45-31-17-15-27(16-18-31)24-36-37(42)41-39(44)48-36/h7-10,12-18,25-26,42H,3-6,11,19-24H2,1-2H3,(H,41,44). The van der Waals surface area contributed by atoms with E-state index in [-0.39, 0.29) is 22.3 Å². The molecule has 1 unspecified atom stereocenters. The van der Waals surface area contributed by atoms with E-state index in [1.807, 2.05) is 72.8 Å². The molecule has 0 radical (unpaired) electrons. The number of nitrogens with one attached hydrogen (secondary N) is 1. The van der Waals surface area contributed by atoms with Crippen LogP contribution >= 0.6 is 11.3 Å². The normalized spacial score (nSPS) is 15.5. The maximum Gasteiger partial charge on any atom is 0.344 e. The molecule has 0 spiro atoms. The number of carbonyl (C=O) groups is 1. The summed E-state index contributed by atoms with van der Waals surface area (Å²) in [6, 6.07) is 25.5. The Balaban J connectivity index is 1.15. The Morgan fingerprint density at radius 2 is 1.79 bits per heavy atom. The number of aromatic hydroxyl groups is 1. The third kappa shape index (κ3) is 7.76. The summed E-state index contributed by atoms with van der Waals surface area (Å²) in [7, 11) is 0. The number of H-pyrrole nitrogens is 1. The molecule has 1 aliphatic rings. The van der Waals surface area contributed by atoms with Crippen LogP contribution in [0.2, 0.25) is 0 Å². The number of aryl methyl sites for hydroxylation is 2. The summed E-state index contributed by atoms with van der Waals surface area (Å²) in [5, 5.41) is 11.8. The minimum Gasteiger partial charge on any atom is -0.494 e. The average molecular weight is 666 g/mol. The predicted octanol–water partition coefficient (Wildman–Crippen LogP) is 9.17. The van der Waals surface area contributed by atoms with Crippen molar-refractivity contribution in [1.29, 1.82) is 0 Å². The minimum atomic E-state index is -0.342. The van der Waals surface area contributed by atoms with Crippen molar-refractivity contribution in [2.45, 2.75) is 83.7 Å². The van der Waals surface area contributed by atoms with Crippen molar-refractivity contribution in [1.82, 2.24) is 4.98 Å². The molecule has 8 heteroatoms. The Kier molecular flexibility index (Phi) is 10.5. The molecule has 0 saturated carbocycles. The monoisotopic (exact) mass is 665 g/mol. The molecule has 0 amide bonds. The molecule has 0 bridgehead atoms. The van der Waals surface area contributed by atoms with Gasteiger partial charge in [0.15, 0.2) is 0 Å². The van der Waals surface area contributed by atoms with Gasteiger partial charge in [-0.2, -0.15) is 0 Å². The molecule has 2 N–H and O–H groups in total. The Morgan fingerprint density at radius 3 is 2.56 bits per heavy atom. The highest BCUT2D eigenvalue weighted by atomic mass is 32.1. The molecule has 0 saturated heterocycles. The van der Waals surface area contributed by atoms with Crippen LogP contribution in [0.5, 0.6) is 23.1 Å². The van der Waals surface area contributed by atoms with Crippen molar-refractivity contribution < 1.29 is 24.1 Å². The van der Waals surface area contributed by atoms with Crippen molar-refractivity contribution >= 4 is 28.1 Å². The molecule has 0 aliphatic carbocycles. The quantitative estimate of drug-likeness (QED) is 0.0698. The third-order valence-corrected chi connectivity index (χ3v) is 10.1. The number of fused-ring (bicyclic) bond motifs is 2. The van der Waals surface area contributed by atoms with E-state index in [0.717, 1.165) is 108 Å². The van der Waals surface area contributed by atoms with E-state index in [0.29, 0.717) is 29.2 Å². The van der Waals surface area contributed by atoms with Crippen LogP contribution in [0.3, 0.4) is 0 Å². The zero-order valence-corrected chi connectivity index (χ0v) is 28.5. The number of hydrogen-bond donors (Lipinski definition) is 2. The fourth-order valence-corrected chi connectivity index (χ4v) is 7.40. The fourth-order valence-electron chi connectivity index (χ4n) is 6.64. The molecule has 5 aromatic rings. The van der Waals surface area contributed by atoms with Crippen LogP contribution < -0.4 is 19.1 Å². The first kappa shape index (κ1) is 33.3. The summed E-state index contributed by atoms with van der Waals surface area (Å²) in [6.45, 7) is 4.89. The van der Waals surface area contributed by atoms with Crippen molar-refractivity contribution in [2.75, 3.05) is 6.61 Å². The molecule has 7 nitrogen and oxygen atoms in total. The number of rotatable bonds is 14. The van der Waals surface area contributed by atoms with E-state index in [1.165, 1.54) is 0 Å². The van der Waals surface area contributed by atoms with Crippen molar-refractivity contribution in [2.24, 2.45) is 0 Å². The largest absolute Gasteiger partial charge is 0.494 e. The van der Waals surface area contributed by atoms with Crippen LogP contribution in [0.15, 0.2) is 83.7 Å². The molecular formula is C40H43NO6S. The molecule has 250 valence electrons. The number of aromatic amines is 1. The number of thiazole rings is 1. The Morgan fingerprint density at radius 1 is 0.979 bits per heavy atom. The molecule has 6 rings (SSSR count). The van der Waals surface area contributed by atoms with E-state index in [4.69, 9.17) is 14.2 Å². The van der Waals surface area contributed by atoms with Crippen molar-refractivity contribution in [3.63, 3.8) is 0 Å². The Labute approximate surface area is 285 Å². The highest BCUT2D eigenvalue weighted by Gasteiger charge is 2.36. The molecule has 48 heavy (non-hydrogen) atoms. The SMILES string of the molecule is CCCCCc1cc2c(cc1OC(=O)c1cccc3ccccc13)CCC(CCC)(CCOc1ccc(Cc3sc(=O)[nH]c3O)cc1)O2.